The number of thiophene rings is 2. The number of fused-ring (bicyclic) bond motifs is 1. The van der Waals surface area contributed by atoms with E-state index in [0.717, 1.165) is 0 Å². The van der Waals surface area contributed by atoms with Crippen LogP contribution in [0.1, 0.15) is 41.8 Å². The van der Waals surface area contributed by atoms with Crippen molar-refractivity contribution in [1.82, 2.24) is 0 Å². The summed E-state index contributed by atoms with van der Waals surface area (Å²) < 4.78 is 0. The van der Waals surface area contributed by atoms with E-state index in [1.807, 2.05) is 22.7 Å². The molecule has 28 heavy (non-hydrogen) atoms. The molecule has 148 valence electrons. The first-order chi connectivity index (χ1) is 13.2. The average Bonchev–Trinajstić information content (AvgIpc) is 3.11. The minimum atomic E-state index is 1.36. The third-order valence-electron chi connectivity index (χ3n) is 4.94. The molecule has 0 nitrogen and oxygen atoms in total. The minimum absolute atomic E-state index is 1.36. The Bertz CT molecular complexity index is 924. The first-order valence-electron chi connectivity index (χ1n) is 9.71. The van der Waals surface area contributed by atoms with Gasteiger partial charge in [0.2, 0.25) is 0 Å². The molecule has 0 saturated heterocycles. The molecule has 2 aromatic heterocycles. The van der Waals surface area contributed by atoms with Crippen molar-refractivity contribution in [3.05, 3.63) is 90.3 Å². The lowest BCUT2D eigenvalue weighted by Gasteiger charge is -2.03. The zero-order valence-corrected chi connectivity index (χ0v) is 20.1. The van der Waals surface area contributed by atoms with Gasteiger partial charge in [0.15, 0.2) is 0 Å². The molecule has 0 fully saturated rings. The van der Waals surface area contributed by atoms with Gasteiger partial charge < -0.3 is 0 Å². The largest absolute Gasteiger partial charge is 0.146 e. The number of hydrogen-bond acceptors (Lipinski definition) is 2. The van der Waals surface area contributed by atoms with E-state index >= 15 is 0 Å². The van der Waals surface area contributed by atoms with E-state index in [0.29, 0.717) is 0 Å². The van der Waals surface area contributed by atoms with Crippen molar-refractivity contribution in [2.24, 2.45) is 0 Å². The van der Waals surface area contributed by atoms with Gasteiger partial charge in [-0.3, -0.25) is 0 Å². The molecule has 2 aromatic carbocycles. The van der Waals surface area contributed by atoms with Crippen molar-refractivity contribution in [1.29, 1.82) is 0 Å². The first kappa shape index (κ1) is 22.4. The normalized spacial score (nSPS) is 10.1. The lowest BCUT2D eigenvalue weighted by atomic mass is 10.0. The molecule has 2 heteroatoms. The lowest BCUT2D eigenvalue weighted by molar-refractivity contribution is 1.43. The molecule has 4 aromatic rings. The minimum Gasteiger partial charge on any atom is -0.146 e. The first-order valence-corrected chi connectivity index (χ1v) is 11.3. The molecule has 0 N–H and O–H groups in total. The smallest absolute Gasteiger partial charge is 0.00462 e. The fourth-order valence-electron chi connectivity index (χ4n) is 3.12. The van der Waals surface area contributed by atoms with Crippen LogP contribution in [0.2, 0.25) is 0 Å². The Morgan fingerprint density at radius 2 is 0.821 bits per heavy atom. The Labute approximate surface area is 178 Å². The summed E-state index contributed by atoms with van der Waals surface area (Å²) in [7, 11) is 0. The van der Waals surface area contributed by atoms with Crippen LogP contribution in [0.4, 0.5) is 0 Å². The molecule has 2 heterocycles. The van der Waals surface area contributed by atoms with Gasteiger partial charge in [0, 0.05) is 19.5 Å². The second kappa shape index (κ2) is 10.0. The highest BCUT2D eigenvalue weighted by atomic mass is 32.1. The van der Waals surface area contributed by atoms with Gasteiger partial charge in [-0.05, 0) is 101 Å². The Hall–Kier alpha value is -1.90. The maximum atomic E-state index is 2.22. The summed E-state index contributed by atoms with van der Waals surface area (Å²) in [6, 6.07) is 17.3. The molecule has 0 amide bonds. The predicted molar refractivity (Wildman–Crippen MR) is 130 cm³/mol. The standard InChI is InChI=1S/C12H12.2C7H10S/c1-9-7-8-10(2)12-6-4-3-5-11(9)12;2*1-5-4-6(2)8-7(5)3/h3-8H,1-2H3;2*4H,1-3H3. The van der Waals surface area contributed by atoms with Gasteiger partial charge in [0.05, 0.1) is 0 Å². The molecule has 4 rings (SSSR count). The summed E-state index contributed by atoms with van der Waals surface area (Å²) in [5.74, 6) is 0. The van der Waals surface area contributed by atoms with Crippen molar-refractivity contribution in [2.75, 3.05) is 0 Å². The number of aryl methyl sites for hydroxylation is 8. The molecule has 0 atom stereocenters. The Morgan fingerprint density at radius 1 is 0.464 bits per heavy atom. The number of benzene rings is 2. The van der Waals surface area contributed by atoms with Gasteiger partial charge in [-0.2, -0.15) is 0 Å². The van der Waals surface area contributed by atoms with Crippen LogP contribution in [0.15, 0.2) is 48.5 Å². The molecule has 0 aliphatic heterocycles. The van der Waals surface area contributed by atoms with Crippen LogP contribution >= 0.6 is 22.7 Å². The van der Waals surface area contributed by atoms with E-state index in [2.05, 4.69) is 104 Å². The fraction of sp³-hybridized carbons (Fsp3) is 0.308. The van der Waals surface area contributed by atoms with Crippen molar-refractivity contribution < 1.29 is 0 Å². The van der Waals surface area contributed by atoms with Crippen LogP contribution in [-0.4, -0.2) is 0 Å². The molecule has 0 bridgehead atoms. The van der Waals surface area contributed by atoms with Crippen molar-refractivity contribution >= 4 is 33.4 Å². The van der Waals surface area contributed by atoms with Crippen LogP contribution in [0, 0.1) is 55.4 Å². The fourth-order valence-corrected chi connectivity index (χ4v) is 4.99. The van der Waals surface area contributed by atoms with Gasteiger partial charge in [0.1, 0.15) is 0 Å². The second-order valence-corrected chi connectivity index (χ2v) is 10.4. The van der Waals surface area contributed by atoms with Crippen LogP contribution < -0.4 is 0 Å². The molecular weight excluding hydrogens is 376 g/mol. The molecular formula is C26H32S2. The van der Waals surface area contributed by atoms with Crippen LogP contribution in [-0.2, 0) is 0 Å². The Balaban J connectivity index is 0.000000156. The Kier molecular flexibility index (Phi) is 8.03. The SMILES string of the molecule is Cc1cc(C)c(C)s1.Cc1cc(C)c(C)s1.Cc1ccc(C)c2ccccc12. The zero-order chi connectivity index (χ0) is 20.8. The molecule has 0 aliphatic rings. The molecule has 0 aliphatic carbocycles. The van der Waals surface area contributed by atoms with Crippen molar-refractivity contribution in [2.45, 2.75) is 55.4 Å². The number of hydrogen-bond donors (Lipinski definition) is 0. The Morgan fingerprint density at radius 3 is 1.04 bits per heavy atom. The molecule has 0 radical (unpaired) electrons. The third kappa shape index (κ3) is 6.05. The highest BCUT2D eigenvalue weighted by molar-refractivity contribution is 7.12. The van der Waals surface area contributed by atoms with Gasteiger partial charge in [-0.15, -0.1) is 22.7 Å². The molecule has 0 spiro atoms. The van der Waals surface area contributed by atoms with E-state index in [4.69, 9.17) is 0 Å². The topological polar surface area (TPSA) is 0 Å². The maximum absolute atomic E-state index is 2.22. The summed E-state index contributed by atoms with van der Waals surface area (Å²) in [6.45, 7) is 17.2. The average molecular weight is 409 g/mol. The maximum Gasteiger partial charge on any atom is 0.00462 e. The lowest BCUT2D eigenvalue weighted by Crippen LogP contribution is -1.80. The highest BCUT2D eigenvalue weighted by Crippen LogP contribution is 2.21. The predicted octanol–water partition coefficient (Wildman–Crippen LogP) is 8.80. The summed E-state index contributed by atoms with van der Waals surface area (Å²) in [5, 5.41) is 2.75. The van der Waals surface area contributed by atoms with E-state index in [1.165, 1.54) is 52.5 Å². The van der Waals surface area contributed by atoms with Gasteiger partial charge in [-0.1, -0.05) is 36.4 Å². The quantitative estimate of drug-likeness (QED) is 0.273. The van der Waals surface area contributed by atoms with E-state index in [1.54, 1.807) is 0 Å². The van der Waals surface area contributed by atoms with E-state index in [-0.39, 0.29) is 0 Å². The van der Waals surface area contributed by atoms with Crippen LogP contribution in [0.3, 0.4) is 0 Å². The third-order valence-corrected chi connectivity index (χ3v) is 7.07. The van der Waals surface area contributed by atoms with Gasteiger partial charge in [-0.25, -0.2) is 0 Å². The van der Waals surface area contributed by atoms with Gasteiger partial charge in [0.25, 0.3) is 0 Å². The monoisotopic (exact) mass is 408 g/mol. The van der Waals surface area contributed by atoms with Gasteiger partial charge >= 0.3 is 0 Å². The summed E-state index contributed by atoms with van der Waals surface area (Å²) >= 11 is 3.74. The van der Waals surface area contributed by atoms with E-state index < -0.39 is 0 Å². The number of rotatable bonds is 0. The summed E-state index contributed by atoms with van der Waals surface area (Å²) in [4.78, 5) is 5.73. The molecule has 0 unspecified atom stereocenters. The molecule has 0 saturated carbocycles. The second-order valence-electron chi connectivity index (χ2n) is 7.44. The van der Waals surface area contributed by atoms with Crippen LogP contribution in [0.25, 0.3) is 10.8 Å². The van der Waals surface area contributed by atoms with Crippen LogP contribution in [0.5, 0.6) is 0 Å². The van der Waals surface area contributed by atoms with Crippen molar-refractivity contribution in [3.63, 3.8) is 0 Å². The summed E-state index contributed by atoms with van der Waals surface area (Å²) in [6.07, 6.45) is 0. The van der Waals surface area contributed by atoms with E-state index in [9.17, 15) is 0 Å². The summed E-state index contributed by atoms with van der Waals surface area (Å²) in [5.41, 5.74) is 5.56. The zero-order valence-electron chi connectivity index (χ0n) is 18.4. The highest BCUT2D eigenvalue weighted by Gasteiger charge is 1.97. The van der Waals surface area contributed by atoms with Crippen molar-refractivity contribution in [3.8, 4) is 0 Å².